The van der Waals surface area contributed by atoms with Gasteiger partial charge in [-0.15, -0.1) is 11.6 Å². The van der Waals surface area contributed by atoms with Gasteiger partial charge in [0.25, 0.3) is 0 Å². The molecule has 0 spiro atoms. The Labute approximate surface area is 144 Å². The van der Waals surface area contributed by atoms with E-state index in [0.717, 1.165) is 43.1 Å². The second kappa shape index (κ2) is 6.60. The Hall–Kier alpha value is -0.700. The molecule has 1 nitrogen and oxygen atoms in total. The molecule has 0 aliphatic carbocycles. The minimum atomic E-state index is -0.310. The maximum absolute atomic E-state index is 6.78. The first-order valence-corrected chi connectivity index (χ1v) is 8.21. The largest absolute Gasteiger partial charge is 0.496 e. The third-order valence-corrected chi connectivity index (χ3v) is 5.43. The average molecular weight is 388 g/mol. The Kier molecular flexibility index (Phi) is 5.24. The fraction of sp³-hybridized carbons (Fsp3) is 0.294. The van der Waals surface area contributed by atoms with Crippen molar-refractivity contribution in [3.8, 4) is 5.75 Å². The van der Waals surface area contributed by atoms with Gasteiger partial charge in [0.1, 0.15) is 5.75 Å². The van der Waals surface area contributed by atoms with E-state index in [1.165, 1.54) is 0 Å². The molecule has 0 aromatic heterocycles. The smallest absolute Gasteiger partial charge is 0.127 e. The zero-order valence-electron chi connectivity index (χ0n) is 12.4. The van der Waals surface area contributed by atoms with Gasteiger partial charge in [0.2, 0.25) is 0 Å². The van der Waals surface area contributed by atoms with Crippen LogP contribution < -0.4 is 4.74 Å². The molecule has 112 valence electrons. The Morgan fingerprint density at radius 2 is 1.81 bits per heavy atom. The normalized spacial score (nSPS) is 12.3. The number of hydrogen-bond acceptors (Lipinski definition) is 1. The van der Waals surface area contributed by atoms with Gasteiger partial charge < -0.3 is 4.74 Å². The highest BCUT2D eigenvalue weighted by Gasteiger charge is 2.23. The summed E-state index contributed by atoms with van der Waals surface area (Å²) in [7, 11) is 1.67. The molecule has 0 saturated carbocycles. The van der Waals surface area contributed by atoms with Crippen LogP contribution in [0.1, 0.15) is 33.2 Å². The maximum atomic E-state index is 6.78. The van der Waals surface area contributed by atoms with E-state index < -0.39 is 0 Å². The number of ether oxygens (including phenoxy) is 1. The second-order valence-electron chi connectivity index (χ2n) is 5.06. The molecule has 0 aliphatic heterocycles. The molecule has 2 aromatic carbocycles. The number of halogens is 3. The SMILES string of the molecule is COc1c(C)cc(Br)c(C)c1C(Cl)c1cccc(Cl)c1C. The van der Waals surface area contributed by atoms with Crippen LogP contribution in [-0.2, 0) is 0 Å². The number of methoxy groups -OCH3 is 1. The van der Waals surface area contributed by atoms with Crippen molar-refractivity contribution in [2.24, 2.45) is 0 Å². The predicted octanol–water partition coefficient (Wildman–Crippen LogP) is 6.36. The van der Waals surface area contributed by atoms with Crippen LogP contribution in [0.3, 0.4) is 0 Å². The van der Waals surface area contributed by atoms with E-state index in [0.29, 0.717) is 0 Å². The highest BCUT2D eigenvalue weighted by molar-refractivity contribution is 9.10. The summed E-state index contributed by atoms with van der Waals surface area (Å²) in [5.41, 5.74) is 5.12. The van der Waals surface area contributed by atoms with Gasteiger partial charge in [0.15, 0.2) is 0 Å². The summed E-state index contributed by atoms with van der Waals surface area (Å²) < 4.78 is 6.62. The van der Waals surface area contributed by atoms with Crippen molar-refractivity contribution in [3.05, 3.63) is 61.6 Å². The van der Waals surface area contributed by atoms with Gasteiger partial charge in [-0.3, -0.25) is 0 Å². The minimum Gasteiger partial charge on any atom is -0.496 e. The quantitative estimate of drug-likeness (QED) is 0.556. The van der Waals surface area contributed by atoms with Crippen molar-refractivity contribution in [2.75, 3.05) is 7.11 Å². The molecule has 21 heavy (non-hydrogen) atoms. The van der Waals surface area contributed by atoms with E-state index in [1.54, 1.807) is 7.11 Å². The third kappa shape index (κ3) is 3.08. The van der Waals surface area contributed by atoms with E-state index in [9.17, 15) is 0 Å². The molecule has 0 aliphatic rings. The van der Waals surface area contributed by atoms with Crippen LogP contribution in [0, 0.1) is 20.8 Å². The van der Waals surface area contributed by atoms with Crippen molar-refractivity contribution in [1.29, 1.82) is 0 Å². The van der Waals surface area contributed by atoms with Gasteiger partial charge in [0.05, 0.1) is 12.5 Å². The second-order valence-corrected chi connectivity index (χ2v) is 6.76. The van der Waals surface area contributed by atoms with Crippen LogP contribution in [-0.4, -0.2) is 7.11 Å². The summed E-state index contributed by atoms with van der Waals surface area (Å²) in [5.74, 6) is 0.829. The molecule has 0 N–H and O–H groups in total. The lowest BCUT2D eigenvalue weighted by Gasteiger charge is -2.21. The molecule has 2 rings (SSSR count). The first kappa shape index (κ1) is 16.7. The standard InChI is InChI=1S/C17H17BrCl2O/c1-9-8-13(18)11(3)15(17(9)21-4)16(20)12-6-5-7-14(19)10(12)2/h5-8,16H,1-4H3. The molecule has 0 amide bonds. The molecule has 0 radical (unpaired) electrons. The highest BCUT2D eigenvalue weighted by atomic mass is 79.9. The van der Waals surface area contributed by atoms with E-state index in [2.05, 4.69) is 15.9 Å². The van der Waals surface area contributed by atoms with E-state index in [-0.39, 0.29) is 5.38 Å². The molecular weight excluding hydrogens is 371 g/mol. The Morgan fingerprint density at radius 1 is 1.14 bits per heavy atom. The lowest BCUT2D eigenvalue weighted by Crippen LogP contribution is -2.04. The van der Waals surface area contributed by atoms with Crippen molar-refractivity contribution in [2.45, 2.75) is 26.1 Å². The first-order chi connectivity index (χ1) is 9.88. The summed E-state index contributed by atoms with van der Waals surface area (Å²) >= 11 is 16.6. The summed E-state index contributed by atoms with van der Waals surface area (Å²) in [6.45, 7) is 6.04. The van der Waals surface area contributed by atoms with Crippen LogP contribution in [0.15, 0.2) is 28.7 Å². The lowest BCUT2D eigenvalue weighted by atomic mass is 9.94. The van der Waals surface area contributed by atoms with Crippen molar-refractivity contribution < 1.29 is 4.74 Å². The first-order valence-electron chi connectivity index (χ1n) is 6.61. The van der Waals surface area contributed by atoms with Crippen LogP contribution >= 0.6 is 39.1 Å². The summed E-state index contributed by atoms with van der Waals surface area (Å²) in [6, 6.07) is 7.85. The van der Waals surface area contributed by atoms with Crippen LogP contribution in [0.4, 0.5) is 0 Å². The monoisotopic (exact) mass is 386 g/mol. The fourth-order valence-electron chi connectivity index (χ4n) is 2.51. The number of benzene rings is 2. The molecule has 1 unspecified atom stereocenters. The predicted molar refractivity (Wildman–Crippen MR) is 94.1 cm³/mol. The summed E-state index contributed by atoms with van der Waals surface area (Å²) in [5, 5.41) is 0.413. The van der Waals surface area contributed by atoms with Gasteiger partial charge in [-0.05, 0) is 55.2 Å². The van der Waals surface area contributed by atoms with Gasteiger partial charge in [-0.2, -0.15) is 0 Å². The van der Waals surface area contributed by atoms with E-state index >= 15 is 0 Å². The third-order valence-electron chi connectivity index (χ3n) is 3.75. The van der Waals surface area contributed by atoms with Crippen LogP contribution in [0.2, 0.25) is 5.02 Å². The van der Waals surface area contributed by atoms with Crippen LogP contribution in [0.5, 0.6) is 5.75 Å². The maximum Gasteiger partial charge on any atom is 0.127 e. The van der Waals surface area contributed by atoms with Crippen molar-refractivity contribution in [1.82, 2.24) is 0 Å². The molecule has 0 fully saturated rings. The van der Waals surface area contributed by atoms with E-state index in [4.69, 9.17) is 27.9 Å². The highest BCUT2D eigenvalue weighted by Crippen LogP contribution is 2.43. The summed E-state index contributed by atoms with van der Waals surface area (Å²) in [6.07, 6.45) is 0. The number of rotatable bonds is 3. The number of aryl methyl sites for hydroxylation is 1. The molecule has 4 heteroatoms. The Bertz CT molecular complexity index is 683. The van der Waals surface area contributed by atoms with Gasteiger partial charge in [-0.25, -0.2) is 0 Å². The fourth-order valence-corrected chi connectivity index (χ4v) is 3.74. The molecule has 2 aromatic rings. The molecule has 1 atom stereocenters. The van der Waals surface area contributed by atoms with Gasteiger partial charge in [0, 0.05) is 15.1 Å². The zero-order valence-corrected chi connectivity index (χ0v) is 15.5. The van der Waals surface area contributed by atoms with Gasteiger partial charge in [-0.1, -0.05) is 39.7 Å². The summed E-state index contributed by atoms with van der Waals surface area (Å²) in [4.78, 5) is 0. The molecule has 0 heterocycles. The van der Waals surface area contributed by atoms with Crippen LogP contribution in [0.25, 0.3) is 0 Å². The topological polar surface area (TPSA) is 9.23 Å². The van der Waals surface area contributed by atoms with Crippen molar-refractivity contribution in [3.63, 3.8) is 0 Å². The minimum absolute atomic E-state index is 0.310. The Morgan fingerprint density at radius 3 is 2.43 bits per heavy atom. The Balaban J connectivity index is 2.68. The molecule has 0 bridgehead atoms. The number of hydrogen-bond donors (Lipinski definition) is 0. The molecular formula is C17H17BrCl2O. The van der Waals surface area contributed by atoms with Crippen molar-refractivity contribution >= 4 is 39.1 Å². The van der Waals surface area contributed by atoms with Gasteiger partial charge >= 0.3 is 0 Å². The average Bonchev–Trinajstić information content (AvgIpc) is 2.44. The zero-order chi connectivity index (χ0) is 15.7. The number of alkyl halides is 1. The molecule has 0 saturated heterocycles. The lowest BCUT2D eigenvalue weighted by molar-refractivity contribution is 0.406. The van der Waals surface area contributed by atoms with E-state index in [1.807, 2.05) is 45.0 Å².